The SMILES string of the molecule is Nc1ccc(Nc2ccc([N+](=O)[O-])c(N)c2)cc1. The average molecular weight is 244 g/mol. The van der Waals surface area contributed by atoms with Gasteiger partial charge in [0.05, 0.1) is 4.92 Å². The molecular formula is C12H12N4O2. The van der Waals surface area contributed by atoms with Crippen LogP contribution in [0, 0.1) is 10.1 Å². The molecule has 0 aliphatic rings. The fourth-order valence-electron chi connectivity index (χ4n) is 1.53. The number of anilines is 4. The predicted octanol–water partition coefficient (Wildman–Crippen LogP) is 2.50. The summed E-state index contributed by atoms with van der Waals surface area (Å²) in [6.07, 6.45) is 0. The summed E-state index contributed by atoms with van der Waals surface area (Å²) in [7, 11) is 0. The molecule has 0 unspecified atom stereocenters. The Morgan fingerprint density at radius 3 is 2.17 bits per heavy atom. The Hall–Kier alpha value is -2.76. The van der Waals surface area contributed by atoms with Crippen LogP contribution in [0.3, 0.4) is 0 Å². The number of nitro benzene ring substituents is 1. The Balaban J connectivity index is 2.22. The summed E-state index contributed by atoms with van der Waals surface area (Å²) in [4.78, 5) is 10.1. The quantitative estimate of drug-likeness (QED) is 0.437. The highest BCUT2D eigenvalue weighted by Gasteiger charge is 2.10. The second kappa shape index (κ2) is 4.62. The van der Waals surface area contributed by atoms with E-state index >= 15 is 0 Å². The summed E-state index contributed by atoms with van der Waals surface area (Å²) in [5.41, 5.74) is 13.4. The minimum absolute atomic E-state index is 0.0992. The van der Waals surface area contributed by atoms with E-state index in [1.807, 2.05) is 12.1 Å². The molecule has 0 aliphatic carbocycles. The van der Waals surface area contributed by atoms with E-state index in [9.17, 15) is 10.1 Å². The molecule has 0 spiro atoms. The molecule has 0 heterocycles. The van der Waals surface area contributed by atoms with Crippen LogP contribution in [-0.2, 0) is 0 Å². The Bertz CT molecular complexity index is 581. The molecule has 5 N–H and O–H groups in total. The van der Waals surface area contributed by atoms with Gasteiger partial charge in [0.25, 0.3) is 5.69 Å². The van der Waals surface area contributed by atoms with Crippen LogP contribution in [-0.4, -0.2) is 4.92 Å². The van der Waals surface area contributed by atoms with E-state index in [-0.39, 0.29) is 11.4 Å². The lowest BCUT2D eigenvalue weighted by Crippen LogP contribution is -1.97. The van der Waals surface area contributed by atoms with E-state index < -0.39 is 4.92 Å². The molecule has 6 heteroatoms. The lowest BCUT2D eigenvalue weighted by Gasteiger charge is -2.07. The van der Waals surface area contributed by atoms with Gasteiger partial charge >= 0.3 is 0 Å². The number of rotatable bonds is 3. The number of nitrogen functional groups attached to an aromatic ring is 2. The van der Waals surface area contributed by atoms with Gasteiger partial charge in [-0.2, -0.15) is 0 Å². The Labute approximate surface area is 103 Å². The molecule has 0 atom stereocenters. The van der Waals surface area contributed by atoms with Crippen molar-refractivity contribution in [2.24, 2.45) is 0 Å². The van der Waals surface area contributed by atoms with Gasteiger partial charge in [0, 0.05) is 23.1 Å². The number of nitrogens with zero attached hydrogens (tertiary/aromatic N) is 1. The third-order valence-corrected chi connectivity index (χ3v) is 2.42. The van der Waals surface area contributed by atoms with E-state index in [4.69, 9.17) is 11.5 Å². The molecular weight excluding hydrogens is 232 g/mol. The molecule has 6 nitrogen and oxygen atoms in total. The van der Waals surface area contributed by atoms with E-state index in [0.717, 1.165) is 5.69 Å². The van der Waals surface area contributed by atoms with Crippen LogP contribution in [0.5, 0.6) is 0 Å². The highest BCUT2D eigenvalue weighted by atomic mass is 16.6. The summed E-state index contributed by atoms with van der Waals surface area (Å²) in [5.74, 6) is 0. The third kappa shape index (κ3) is 2.49. The number of nitrogens with one attached hydrogen (secondary N) is 1. The number of benzene rings is 2. The van der Waals surface area contributed by atoms with E-state index in [2.05, 4.69) is 5.32 Å². The number of hydrogen-bond donors (Lipinski definition) is 3. The molecule has 2 aromatic carbocycles. The maximum absolute atomic E-state index is 10.6. The molecule has 0 fully saturated rings. The average Bonchev–Trinajstić information content (AvgIpc) is 2.32. The zero-order chi connectivity index (χ0) is 13.1. The second-order valence-corrected chi connectivity index (χ2v) is 3.78. The monoisotopic (exact) mass is 244 g/mol. The zero-order valence-electron chi connectivity index (χ0n) is 9.46. The van der Waals surface area contributed by atoms with Crippen LogP contribution < -0.4 is 16.8 Å². The topological polar surface area (TPSA) is 107 Å². The van der Waals surface area contributed by atoms with E-state index in [1.54, 1.807) is 18.2 Å². The Kier molecular flexibility index (Phi) is 3.01. The van der Waals surface area contributed by atoms with Gasteiger partial charge in [0.15, 0.2) is 0 Å². The molecule has 92 valence electrons. The molecule has 0 aromatic heterocycles. The van der Waals surface area contributed by atoms with Gasteiger partial charge in [-0.25, -0.2) is 0 Å². The first-order valence-corrected chi connectivity index (χ1v) is 5.23. The Morgan fingerprint density at radius 1 is 1.00 bits per heavy atom. The highest BCUT2D eigenvalue weighted by Crippen LogP contribution is 2.26. The molecule has 2 rings (SSSR count). The molecule has 0 saturated heterocycles. The van der Waals surface area contributed by atoms with E-state index in [1.165, 1.54) is 12.1 Å². The van der Waals surface area contributed by atoms with Gasteiger partial charge in [-0.1, -0.05) is 0 Å². The normalized spacial score (nSPS) is 10.0. The van der Waals surface area contributed by atoms with Crippen LogP contribution in [0.15, 0.2) is 42.5 Å². The molecule has 0 radical (unpaired) electrons. The van der Waals surface area contributed by atoms with Crippen molar-refractivity contribution in [3.8, 4) is 0 Å². The van der Waals surface area contributed by atoms with Crippen molar-refractivity contribution in [1.82, 2.24) is 0 Å². The summed E-state index contributed by atoms with van der Waals surface area (Å²) in [6, 6.07) is 11.6. The fraction of sp³-hybridized carbons (Fsp3) is 0. The van der Waals surface area contributed by atoms with Crippen molar-refractivity contribution in [2.75, 3.05) is 16.8 Å². The van der Waals surface area contributed by atoms with Gasteiger partial charge in [0.1, 0.15) is 5.69 Å². The first-order valence-electron chi connectivity index (χ1n) is 5.23. The van der Waals surface area contributed by atoms with Gasteiger partial charge in [0.2, 0.25) is 0 Å². The zero-order valence-corrected chi connectivity index (χ0v) is 9.46. The first kappa shape index (κ1) is 11.7. The molecule has 0 saturated carbocycles. The smallest absolute Gasteiger partial charge is 0.292 e. The standard InChI is InChI=1S/C12H12N4O2/c13-8-1-3-9(4-2-8)15-10-5-6-12(16(17)18)11(14)7-10/h1-7,15H,13-14H2. The van der Waals surface area contributed by atoms with Crippen molar-refractivity contribution in [1.29, 1.82) is 0 Å². The number of nitrogens with two attached hydrogens (primary N) is 2. The minimum atomic E-state index is -0.512. The van der Waals surface area contributed by atoms with Crippen molar-refractivity contribution >= 4 is 28.4 Å². The van der Waals surface area contributed by atoms with Crippen molar-refractivity contribution in [3.63, 3.8) is 0 Å². The second-order valence-electron chi connectivity index (χ2n) is 3.78. The lowest BCUT2D eigenvalue weighted by molar-refractivity contribution is -0.383. The summed E-state index contributed by atoms with van der Waals surface area (Å²) in [5, 5.41) is 13.7. The molecule has 0 amide bonds. The lowest BCUT2D eigenvalue weighted by atomic mass is 10.2. The largest absolute Gasteiger partial charge is 0.399 e. The summed E-state index contributed by atoms with van der Waals surface area (Å²) in [6.45, 7) is 0. The van der Waals surface area contributed by atoms with Gasteiger partial charge in [-0.05, 0) is 36.4 Å². The van der Waals surface area contributed by atoms with Crippen LogP contribution >= 0.6 is 0 Å². The molecule has 0 aliphatic heterocycles. The maximum Gasteiger partial charge on any atom is 0.292 e. The third-order valence-electron chi connectivity index (χ3n) is 2.42. The molecule has 2 aromatic rings. The maximum atomic E-state index is 10.6. The van der Waals surface area contributed by atoms with Crippen LogP contribution in [0.4, 0.5) is 28.4 Å². The van der Waals surface area contributed by atoms with Crippen molar-refractivity contribution in [2.45, 2.75) is 0 Å². The summed E-state index contributed by atoms with van der Waals surface area (Å²) >= 11 is 0. The Morgan fingerprint density at radius 2 is 1.61 bits per heavy atom. The first-order chi connectivity index (χ1) is 8.56. The van der Waals surface area contributed by atoms with Crippen LogP contribution in [0.1, 0.15) is 0 Å². The highest BCUT2D eigenvalue weighted by molar-refractivity contribution is 5.70. The van der Waals surface area contributed by atoms with Gasteiger partial charge in [-0.15, -0.1) is 0 Å². The molecule has 0 bridgehead atoms. The fourth-order valence-corrected chi connectivity index (χ4v) is 1.53. The predicted molar refractivity (Wildman–Crippen MR) is 71.6 cm³/mol. The van der Waals surface area contributed by atoms with Crippen LogP contribution in [0.25, 0.3) is 0 Å². The van der Waals surface area contributed by atoms with E-state index in [0.29, 0.717) is 11.4 Å². The number of nitro groups is 1. The van der Waals surface area contributed by atoms with Gasteiger partial charge in [-0.3, -0.25) is 10.1 Å². The van der Waals surface area contributed by atoms with Crippen molar-refractivity contribution < 1.29 is 4.92 Å². The van der Waals surface area contributed by atoms with Crippen molar-refractivity contribution in [3.05, 3.63) is 52.6 Å². The van der Waals surface area contributed by atoms with Crippen LogP contribution in [0.2, 0.25) is 0 Å². The minimum Gasteiger partial charge on any atom is -0.399 e. The number of hydrogen-bond acceptors (Lipinski definition) is 5. The molecule has 18 heavy (non-hydrogen) atoms. The summed E-state index contributed by atoms with van der Waals surface area (Å²) < 4.78 is 0. The van der Waals surface area contributed by atoms with Gasteiger partial charge < -0.3 is 16.8 Å².